The lowest BCUT2D eigenvalue weighted by Gasteiger charge is -2.31. The van der Waals surface area contributed by atoms with Gasteiger partial charge in [0.2, 0.25) is 10.0 Å². The molecule has 42 heavy (non-hydrogen) atoms. The number of rotatable bonds is 14. The number of fused-ring (bicyclic) bond motifs is 1. The molecule has 0 spiro atoms. The summed E-state index contributed by atoms with van der Waals surface area (Å²) in [6.45, 7) is 11.5. The zero-order chi connectivity index (χ0) is 30.5. The minimum atomic E-state index is -3.45. The Hall–Kier alpha value is -2.88. The Bertz CT molecular complexity index is 1450. The van der Waals surface area contributed by atoms with Crippen LogP contribution in [0.5, 0.6) is 0 Å². The number of nitrogens with zero attached hydrogens (tertiary/aromatic N) is 1. The van der Waals surface area contributed by atoms with Gasteiger partial charge in [-0.3, -0.25) is 9.10 Å². The number of aromatic nitrogens is 1. The van der Waals surface area contributed by atoms with Crippen LogP contribution < -0.4 is 14.9 Å². The number of anilines is 1. The first-order chi connectivity index (χ1) is 19.9. The van der Waals surface area contributed by atoms with Gasteiger partial charge in [-0.15, -0.1) is 0 Å². The third kappa shape index (κ3) is 7.94. The number of hydrogen-bond donors (Lipinski definition) is 4. The fourth-order valence-corrected chi connectivity index (χ4v) is 7.33. The number of aromatic amines is 1. The smallest absolute Gasteiger partial charge is 0.251 e. The Labute approximate surface area is 251 Å². The van der Waals surface area contributed by atoms with E-state index in [1.165, 1.54) is 4.31 Å². The third-order valence-corrected chi connectivity index (χ3v) is 10.2. The summed E-state index contributed by atoms with van der Waals surface area (Å²) >= 11 is 0. The van der Waals surface area contributed by atoms with Crippen molar-refractivity contribution in [3.63, 3.8) is 0 Å². The molecule has 4 rings (SSSR count). The molecular weight excluding hydrogens is 548 g/mol. The molecule has 230 valence electrons. The van der Waals surface area contributed by atoms with Crippen molar-refractivity contribution in [2.75, 3.05) is 23.1 Å². The normalized spacial score (nSPS) is 16.7. The second-order valence-corrected chi connectivity index (χ2v) is 14.7. The quantitative estimate of drug-likeness (QED) is 0.205. The van der Waals surface area contributed by atoms with Crippen LogP contribution in [0.15, 0.2) is 48.7 Å². The van der Waals surface area contributed by atoms with Gasteiger partial charge in [0.15, 0.2) is 0 Å². The molecule has 2 atom stereocenters. The van der Waals surface area contributed by atoms with Crippen molar-refractivity contribution < 1.29 is 18.3 Å². The molecule has 2 aromatic carbocycles. The van der Waals surface area contributed by atoms with Gasteiger partial charge in [-0.2, -0.15) is 0 Å². The number of carbonyl (C=O) groups excluding carboxylic acids is 1. The number of β-amino-alcohol motifs (C(OH)–C–C–N with tert-alkyl or cyclic N) is 1. The summed E-state index contributed by atoms with van der Waals surface area (Å²) < 4.78 is 27.1. The number of aliphatic hydroxyl groups excluding tert-OH is 1. The van der Waals surface area contributed by atoms with Gasteiger partial charge < -0.3 is 20.7 Å². The lowest BCUT2D eigenvalue weighted by molar-refractivity contribution is 0.0812. The van der Waals surface area contributed by atoms with E-state index < -0.39 is 22.2 Å². The first-order valence-electron chi connectivity index (χ1n) is 15.3. The highest BCUT2D eigenvalue weighted by Crippen LogP contribution is 2.34. The van der Waals surface area contributed by atoms with Crippen molar-refractivity contribution in [3.8, 4) is 0 Å². The molecule has 1 fully saturated rings. The van der Waals surface area contributed by atoms with E-state index in [9.17, 15) is 18.3 Å². The lowest BCUT2D eigenvalue weighted by Crippen LogP contribution is -2.52. The van der Waals surface area contributed by atoms with Crippen LogP contribution in [0.4, 0.5) is 5.69 Å². The number of sulfonamides is 1. The average molecular weight is 597 g/mol. The van der Waals surface area contributed by atoms with Gasteiger partial charge in [0.25, 0.3) is 5.91 Å². The average Bonchev–Trinajstić information content (AvgIpc) is 3.53. The Morgan fingerprint density at radius 2 is 1.90 bits per heavy atom. The molecular formula is C33H48N4O4S. The highest BCUT2D eigenvalue weighted by atomic mass is 32.2. The first-order valence-corrected chi connectivity index (χ1v) is 16.9. The zero-order valence-electron chi connectivity index (χ0n) is 25.7. The molecule has 0 unspecified atom stereocenters. The summed E-state index contributed by atoms with van der Waals surface area (Å²) in [5, 5.41) is 18.9. The van der Waals surface area contributed by atoms with E-state index in [1.54, 1.807) is 6.07 Å². The maximum absolute atomic E-state index is 13.8. The van der Waals surface area contributed by atoms with Gasteiger partial charge >= 0.3 is 0 Å². The van der Waals surface area contributed by atoms with Crippen molar-refractivity contribution in [1.29, 1.82) is 0 Å². The first kappa shape index (κ1) is 32.0. The monoisotopic (exact) mass is 596 g/mol. The van der Waals surface area contributed by atoms with Crippen molar-refractivity contribution >= 4 is 32.5 Å². The summed E-state index contributed by atoms with van der Waals surface area (Å²) in [5.41, 5.74) is 3.47. The number of carbonyl (C=O) groups is 1. The number of benzene rings is 2. The van der Waals surface area contributed by atoms with Crippen LogP contribution in [-0.4, -0.2) is 60.9 Å². The Morgan fingerprint density at radius 3 is 2.55 bits per heavy atom. The topological polar surface area (TPSA) is 115 Å². The van der Waals surface area contributed by atoms with Gasteiger partial charge in [-0.1, -0.05) is 63.9 Å². The number of aliphatic hydroxyl groups is 1. The minimum absolute atomic E-state index is 0.0957. The highest BCUT2D eigenvalue weighted by Gasteiger charge is 2.32. The number of H-pyrrole nitrogens is 1. The maximum atomic E-state index is 13.8. The number of nitrogens with one attached hydrogen (secondary N) is 3. The molecule has 0 bridgehead atoms. The number of amides is 1. The molecule has 1 aromatic heterocycles. The summed E-state index contributed by atoms with van der Waals surface area (Å²) in [6, 6.07) is 12.8. The Kier molecular flexibility index (Phi) is 10.4. The van der Waals surface area contributed by atoms with E-state index >= 15 is 0 Å². The van der Waals surface area contributed by atoms with Crippen molar-refractivity contribution in [2.24, 2.45) is 5.92 Å². The summed E-state index contributed by atoms with van der Waals surface area (Å²) in [4.78, 5) is 17.1. The van der Waals surface area contributed by atoms with E-state index in [2.05, 4.69) is 43.3 Å². The zero-order valence-corrected chi connectivity index (χ0v) is 26.6. The molecule has 0 aliphatic carbocycles. The Morgan fingerprint density at radius 1 is 1.17 bits per heavy atom. The second-order valence-electron chi connectivity index (χ2n) is 12.7. The van der Waals surface area contributed by atoms with Crippen molar-refractivity contribution in [3.05, 3.63) is 65.4 Å². The largest absolute Gasteiger partial charge is 0.390 e. The van der Waals surface area contributed by atoms with Crippen LogP contribution in [0.2, 0.25) is 0 Å². The fourth-order valence-electron chi connectivity index (χ4n) is 5.77. The van der Waals surface area contributed by atoms with Gasteiger partial charge in [0.1, 0.15) is 0 Å². The summed E-state index contributed by atoms with van der Waals surface area (Å²) in [6.07, 6.45) is 6.06. The standard InChI is InChI=1S/C33H48N4O4S/c1-6-25-21-34-31-27(25)19-26(20-29(31)37-16-11-17-42(37,40)41)32(39)36-28(18-24-13-8-7-9-14-24)30(38)22-35-33(4,5)15-10-12-23(2)3/h7-9,13-14,19-21,23,28,30,34-35,38H,6,10-12,15-18,22H2,1-5H3,(H,36,39)/t28-,30+/m0/s1. The molecule has 0 saturated carbocycles. The molecule has 4 N–H and O–H groups in total. The molecule has 1 amide bonds. The number of hydrogen-bond acceptors (Lipinski definition) is 5. The van der Waals surface area contributed by atoms with E-state index in [-0.39, 0.29) is 17.2 Å². The molecule has 1 saturated heterocycles. The van der Waals surface area contributed by atoms with Crippen LogP contribution in [0.3, 0.4) is 0 Å². The van der Waals surface area contributed by atoms with E-state index in [0.29, 0.717) is 43.1 Å². The van der Waals surface area contributed by atoms with Crippen molar-refractivity contribution in [1.82, 2.24) is 15.6 Å². The summed E-state index contributed by atoms with van der Waals surface area (Å²) in [5.74, 6) is 0.411. The van der Waals surface area contributed by atoms with Crippen LogP contribution >= 0.6 is 0 Å². The molecule has 1 aliphatic rings. The van der Waals surface area contributed by atoms with Gasteiger partial charge in [0, 0.05) is 35.8 Å². The van der Waals surface area contributed by atoms with Gasteiger partial charge in [0.05, 0.1) is 29.1 Å². The maximum Gasteiger partial charge on any atom is 0.251 e. The van der Waals surface area contributed by atoms with Crippen LogP contribution in [0, 0.1) is 5.92 Å². The predicted octanol–water partition coefficient (Wildman–Crippen LogP) is 5.17. The Balaban J connectivity index is 1.59. The van der Waals surface area contributed by atoms with E-state index in [4.69, 9.17) is 0 Å². The van der Waals surface area contributed by atoms with E-state index in [1.807, 2.05) is 49.5 Å². The summed E-state index contributed by atoms with van der Waals surface area (Å²) in [7, 11) is -3.45. The lowest BCUT2D eigenvalue weighted by atomic mass is 9.93. The third-order valence-electron chi connectivity index (χ3n) is 8.32. The molecule has 9 heteroatoms. The van der Waals surface area contributed by atoms with Gasteiger partial charge in [-0.05, 0) is 68.7 Å². The number of aryl methyl sites for hydroxylation is 1. The van der Waals surface area contributed by atoms with E-state index in [0.717, 1.165) is 47.7 Å². The molecule has 3 aromatic rings. The van der Waals surface area contributed by atoms with Crippen molar-refractivity contribution in [2.45, 2.75) is 90.8 Å². The van der Waals surface area contributed by atoms with Gasteiger partial charge in [-0.25, -0.2) is 8.42 Å². The molecule has 0 radical (unpaired) electrons. The minimum Gasteiger partial charge on any atom is -0.390 e. The predicted molar refractivity (Wildman–Crippen MR) is 172 cm³/mol. The van der Waals surface area contributed by atoms with Crippen LogP contribution in [0.25, 0.3) is 10.9 Å². The highest BCUT2D eigenvalue weighted by molar-refractivity contribution is 7.93. The SMILES string of the molecule is CCc1c[nH]c2c(N3CCCS3(=O)=O)cc(C(=O)N[C@@H](Cc3ccccc3)[C@H](O)CNC(C)(C)CCCC(C)C)cc12. The fraction of sp³-hybridized carbons (Fsp3) is 0.545. The molecule has 8 nitrogen and oxygen atoms in total. The molecule has 1 aliphatic heterocycles. The molecule has 2 heterocycles. The second kappa shape index (κ2) is 13.6. The van der Waals surface area contributed by atoms with Crippen LogP contribution in [0.1, 0.15) is 81.8 Å². The van der Waals surface area contributed by atoms with Crippen LogP contribution in [-0.2, 0) is 22.9 Å².